The van der Waals surface area contributed by atoms with Gasteiger partial charge in [0.25, 0.3) is 5.91 Å². The fourth-order valence-corrected chi connectivity index (χ4v) is 3.80. The summed E-state index contributed by atoms with van der Waals surface area (Å²) in [5.74, 6) is 0.652. The predicted molar refractivity (Wildman–Crippen MR) is 99.3 cm³/mol. The van der Waals surface area contributed by atoms with Crippen LogP contribution in [0, 0.1) is 0 Å². The summed E-state index contributed by atoms with van der Waals surface area (Å²) in [7, 11) is 1.74. The topological polar surface area (TPSA) is 49.9 Å². The minimum absolute atomic E-state index is 0.0302. The van der Waals surface area contributed by atoms with Crippen LogP contribution in [0.25, 0.3) is 0 Å². The molecule has 132 valence electrons. The molecule has 1 aliphatic heterocycles. The van der Waals surface area contributed by atoms with Crippen LogP contribution in [0.4, 0.5) is 5.69 Å². The molecule has 0 N–H and O–H groups in total. The Kier molecular flexibility index (Phi) is 5.60. The van der Waals surface area contributed by atoms with Crippen LogP contribution in [-0.4, -0.2) is 36.9 Å². The Morgan fingerprint density at radius 3 is 2.64 bits per heavy atom. The van der Waals surface area contributed by atoms with Gasteiger partial charge in [0.05, 0.1) is 10.9 Å². The molecule has 1 saturated heterocycles. The average Bonchev–Trinajstić information content (AvgIpc) is 3.21. The molecule has 2 heterocycles. The molecule has 5 nitrogen and oxygen atoms in total. The standard InChI is InChI=1S/C18H19ClN2O3S/c1-20(11-15-8-9-16(19)25-15)18(23)12-24-14-6-4-13(5-7-14)21-10-2-3-17(21)22/h4-9H,2-3,10-12H2,1H3. The van der Waals surface area contributed by atoms with E-state index in [4.69, 9.17) is 16.3 Å². The summed E-state index contributed by atoms with van der Waals surface area (Å²) in [4.78, 5) is 28.3. The normalized spacial score (nSPS) is 14.0. The van der Waals surface area contributed by atoms with Crippen molar-refractivity contribution < 1.29 is 14.3 Å². The van der Waals surface area contributed by atoms with Gasteiger partial charge < -0.3 is 14.5 Å². The quantitative estimate of drug-likeness (QED) is 0.772. The van der Waals surface area contributed by atoms with Crippen molar-refractivity contribution in [3.05, 3.63) is 45.6 Å². The lowest BCUT2D eigenvalue weighted by Gasteiger charge is -2.18. The molecule has 1 aromatic carbocycles. The van der Waals surface area contributed by atoms with E-state index in [-0.39, 0.29) is 18.4 Å². The van der Waals surface area contributed by atoms with Crippen molar-refractivity contribution in [3.63, 3.8) is 0 Å². The van der Waals surface area contributed by atoms with E-state index in [1.54, 1.807) is 29.0 Å². The van der Waals surface area contributed by atoms with Crippen LogP contribution in [0.2, 0.25) is 4.34 Å². The third-order valence-corrected chi connectivity index (χ3v) is 5.25. The molecule has 25 heavy (non-hydrogen) atoms. The van der Waals surface area contributed by atoms with Crippen LogP contribution in [0.15, 0.2) is 36.4 Å². The first kappa shape index (κ1) is 17.8. The molecule has 1 aliphatic rings. The van der Waals surface area contributed by atoms with Gasteiger partial charge in [0, 0.05) is 30.6 Å². The number of halogens is 1. The lowest BCUT2D eigenvalue weighted by atomic mass is 10.3. The van der Waals surface area contributed by atoms with Gasteiger partial charge in [-0.1, -0.05) is 11.6 Å². The third-order valence-electron chi connectivity index (χ3n) is 4.03. The third kappa shape index (κ3) is 4.52. The van der Waals surface area contributed by atoms with Gasteiger partial charge in [-0.3, -0.25) is 9.59 Å². The van der Waals surface area contributed by atoms with Gasteiger partial charge in [-0.25, -0.2) is 0 Å². The van der Waals surface area contributed by atoms with E-state index < -0.39 is 0 Å². The largest absolute Gasteiger partial charge is 0.484 e. The highest BCUT2D eigenvalue weighted by Gasteiger charge is 2.21. The predicted octanol–water partition coefficient (Wildman–Crippen LogP) is 3.57. The van der Waals surface area contributed by atoms with E-state index in [1.165, 1.54) is 11.3 Å². The number of hydrogen-bond acceptors (Lipinski definition) is 4. The summed E-state index contributed by atoms with van der Waals surface area (Å²) in [5.41, 5.74) is 0.868. The van der Waals surface area contributed by atoms with Crippen LogP contribution in [0.5, 0.6) is 5.75 Å². The van der Waals surface area contributed by atoms with Gasteiger partial charge in [0.15, 0.2) is 6.61 Å². The average molecular weight is 379 g/mol. The second-order valence-corrected chi connectivity index (χ2v) is 7.69. The fourth-order valence-electron chi connectivity index (χ4n) is 2.66. The number of rotatable bonds is 6. The van der Waals surface area contributed by atoms with E-state index in [2.05, 4.69) is 0 Å². The van der Waals surface area contributed by atoms with Crippen molar-refractivity contribution in [1.29, 1.82) is 0 Å². The SMILES string of the molecule is CN(Cc1ccc(Cl)s1)C(=O)COc1ccc(N2CCCC2=O)cc1. The zero-order valence-electron chi connectivity index (χ0n) is 13.9. The first-order chi connectivity index (χ1) is 12.0. The maximum Gasteiger partial charge on any atom is 0.260 e. The number of likely N-dealkylation sites (N-methyl/N-ethyl adjacent to an activating group) is 1. The van der Waals surface area contributed by atoms with Crippen LogP contribution >= 0.6 is 22.9 Å². The maximum absolute atomic E-state index is 12.2. The molecule has 2 aromatic rings. The maximum atomic E-state index is 12.2. The number of carbonyl (C=O) groups excluding carboxylic acids is 2. The Bertz CT molecular complexity index is 760. The van der Waals surface area contributed by atoms with E-state index in [0.717, 1.165) is 23.5 Å². The van der Waals surface area contributed by atoms with Crippen molar-refractivity contribution in [1.82, 2.24) is 4.90 Å². The Morgan fingerprint density at radius 2 is 2.04 bits per heavy atom. The van der Waals surface area contributed by atoms with Gasteiger partial charge in [-0.15, -0.1) is 11.3 Å². The highest BCUT2D eigenvalue weighted by atomic mass is 35.5. The van der Waals surface area contributed by atoms with Crippen LogP contribution < -0.4 is 9.64 Å². The Hall–Kier alpha value is -2.05. The molecular formula is C18H19ClN2O3S. The van der Waals surface area contributed by atoms with Crippen LogP contribution in [0.3, 0.4) is 0 Å². The number of anilines is 1. The number of ether oxygens (including phenoxy) is 1. The van der Waals surface area contributed by atoms with Crippen LogP contribution in [-0.2, 0) is 16.1 Å². The molecule has 3 rings (SSSR count). The Morgan fingerprint density at radius 1 is 1.28 bits per heavy atom. The monoisotopic (exact) mass is 378 g/mol. The van der Waals surface area contributed by atoms with Crippen molar-refractivity contribution in [3.8, 4) is 5.75 Å². The second kappa shape index (κ2) is 7.89. The number of hydrogen-bond donors (Lipinski definition) is 0. The van der Waals surface area contributed by atoms with Crippen molar-refractivity contribution in [2.24, 2.45) is 0 Å². The number of carbonyl (C=O) groups is 2. The number of thiophene rings is 1. The van der Waals surface area contributed by atoms with E-state index in [1.807, 2.05) is 24.3 Å². The molecule has 0 radical (unpaired) electrons. The number of benzene rings is 1. The van der Waals surface area contributed by atoms with Crippen molar-refractivity contribution in [2.45, 2.75) is 19.4 Å². The molecule has 0 bridgehead atoms. The van der Waals surface area contributed by atoms with Gasteiger partial charge in [-0.05, 0) is 42.8 Å². The molecule has 2 amide bonds. The van der Waals surface area contributed by atoms with E-state index >= 15 is 0 Å². The summed E-state index contributed by atoms with van der Waals surface area (Å²) < 4.78 is 6.27. The molecule has 0 spiro atoms. The Labute approximate surface area is 155 Å². The zero-order chi connectivity index (χ0) is 17.8. The molecule has 0 atom stereocenters. The fraction of sp³-hybridized carbons (Fsp3) is 0.333. The van der Waals surface area contributed by atoms with Crippen molar-refractivity contribution >= 4 is 40.4 Å². The number of amides is 2. The zero-order valence-corrected chi connectivity index (χ0v) is 15.5. The van der Waals surface area contributed by atoms with Gasteiger partial charge in [-0.2, -0.15) is 0 Å². The lowest BCUT2D eigenvalue weighted by Crippen LogP contribution is -2.30. The van der Waals surface area contributed by atoms with Gasteiger partial charge >= 0.3 is 0 Å². The van der Waals surface area contributed by atoms with Crippen LogP contribution in [0.1, 0.15) is 17.7 Å². The van der Waals surface area contributed by atoms with E-state index in [0.29, 0.717) is 23.1 Å². The molecule has 0 saturated carbocycles. The molecular weight excluding hydrogens is 360 g/mol. The molecule has 7 heteroatoms. The lowest BCUT2D eigenvalue weighted by molar-refractivity contribution is -0.132. The molecule has 0 aliphatic carbocycles. The Balaban J connectivity index is 1.50. The van der Waals surface area contributed by atoms with E-state index in [9.17, 15) is 9.59 Å². The number of nitrogens with zero attached hydrogens (tertiary/aromatic N) is 2. The minimum Gasteiger partial charge on any atom is -0.484 e. The summed E-state index contributed by atoms with van der Waals surface area (Å²) in [6, 6.07) is 11.0. The minimum atomic E-state index is -0.108. The van der Waals surface area contributed by atoms with Crippen molar-refractivity contribution in [2.75, 3.05) is 25.1 Å². The first-order valence-electron chi connectivity index (χ1n) is 8.04. The molecule has 0 unspecified atom stereocenters. The summed E-state index contributed by atoms with van der Waals surface area (Å²) in [6.07, 6.45) is 1.50. The van der Waals surface area contributed by atoms with Gasteiger partial charge in [0.1, 0.15) is 5.75 Å². The first-order valence-corrected chi connectivity index (χ1v) is 9.24. The smallest absolute Gasteiger partial charge is 0.260 e. The second-order valence-electron chi connectivity index (χ2n) is 5.89. The van der Waals surface area contributed by atoms with Gasteiger partial charge in [0.2, 0.25) is 5.91 Å². The highest BCUT2D eigenvalue weighted by Crippen LogP contribution is 2.24. The molecule has 1 fully saturated rings. The highest BCUT2D eigenvalue weighted by molar-refractivity contribution is 7.16. The summed E-state index contributed by atoms with van der Waals surface area (Å²) >= 11 is 7.36. The molecule has 1 aromatic heterocycles. The summed E-state index contributed by atoms with van der Waals surface area (Å²) in [6.45, 7) is 1.24. The summed E-state index contributed by atoms with van der Waals surface area (Å²) in [5, 5.41) is 0.